The molecule has 0 aliphatic heterocycles. The summed E-state index contributed by atoms with van der Waals surface area (Å²) in [6.45, 7) is 0. The van der Waals surface area contributed by atoms with Crippen molar-refractivity contribution in [2.45, 2.75) is 0 Å². The molecule has 0 saturated heterocycles. The molecule has 0 fully saturated rings. The van der Waals surface area contributed by atoms with E-state index in [1.807, 2.05) is 42.5 Å². The van der Waals surface area contributed by atoms with Crippen molar-refractivity contribution in [1.82, 2.24) is 8.52 Å². The first kappa shape index (κ1) is 12.6. The highest BCUT2D eigenvalue weighted by molar-refractivity contribution is 7.03. The molecule has 4 nitrogen and oxygen atoms in total. The predicted molar refractivity (Wildman–Crippen MR) is 80.6 cm³/mol. The fourth-order valence-electron chi connectivity index (χ4n) is 2.07. The summed E-state index contributed by atoms with van der Waals surface area (Å²) in [5.74, 6) is 0. The highest BCUT2D eigenvalue weighted by Gasteiger charge is 2.09. The van der Waals surface area contributed by atoms with Gasteiger partial charge in [-0.3, -0.25) is 4.79 Å². The molecule has 5 heteroatoms. The van der Waals surface area contributed by atoms with Crippen LogP contribution in [0, 0.1) is 0 Å². The second-order valence-corrected chi connectivity index (χ2v) is 5.47. The van der Waals surface area contributed by atoms with E-state index in [0.717, 1.165) is 22.7 Å². The van der Waals surface area contributed by atoms with Crippen LogP contribution in [0.2, 0.25) is 0 Å². The Morgan fingerprint density at radius 3 is 2.00 bits per heavy atom. The first-order valence-electron chi connectivity index (χ1n) is 6.12. The quantitative estimate of drug-likeness (QED) is 0.724. The zero-order valence-corrected chi connectivity index (χ0v) is 11.6. The summed E-state index contributed by atoms with van der Waals surface area (Å²) in [5.41, 5.74) is 2.43. The fourth-order valence-corrected chi connectivity index (χ4v) is 2.72. The molecule has 3 rings (SSSR count). The molecule has 0 saturated carbocycles. The molecule has 20 heavy (non-hydrogen) atoms. The summed E-state index contributed by atoms with van der Waals surface area (Å²) >= 11 is 0.903. The van der Waals surface area contributed by atoms with E-state index in [1.54, 1.807) is 19.2 Å². The Kier molecular flexibility index (Phi) is 3.12. The highest BCUT2D eigenvalue weighted by atomic mass is 32.1. The van der Waals surface area contributed by atoms with E-state index >= 15 is 0 Å². The lowest BCUT2D eigenvalue weighted by atomic mass is 10.1. The van der Waals surface area contributed by atoms with E-state index in [0.29, 0.717) is 5.69 Å². The number of benzene rings is 2. The Hall–Kier alpha value is -2.40. The van der Waals surface area contributed by atoms with Gasteiger partial charge >= 0.3 is 10.6 Å². The minimum absolute atomic E-state index is 0.273. The van der Waals surface area contributed by atoms with Crippen molar-refractivity contribution in [3.8, 4) is 16.8 Å². The van der Waals surface area contributed by atoms with Gasteiger partial charge in [0.1, 0.15) is 0 Å². The molecule has 0 amide bonds. The molecule has 0 aliphatic carbocycles. The normalized spacial score (nSPS) is 10.7. The van der Waals surface area contributed by atoms with Gasteiger partial charge < -0.3 is 0 Å². The second kappa shape index (κ2) is 4.94. The average molecular weight is 284 g/mol. The van der Waals surface area contributed by atoms with Crippen molar-refractivity contribution in [2.24, 2.45) is 7.05 Å². The third-order valence-electron chi connectivity index (χ3n) is 3.09. The van der Waals surface area contributed by atoms with Crippen LogP contribution in [0.1, 0.15) is 0 Å². The molecule has 2 aromatic carbocycles. The van der Waals surface area contributed by atoms with Crippen LogP contribution in [-0.4, -0.2) is 8.52 Å². The Morgan fingerprint density at radius 1 is 0.850 bits per heavy atom. The molecule has 1 aromatic heterocycles. The number of hydrogen-bond acceptors (Lipinski definition) is 3. The van der Waals surface area contributed by atoms with E-state index in [-0.39, 0.29) is 10.6 Å². The van der Waals surface area contributed by atoms with Crippen LogP contribution < -0.4 is 10.6 Å². The molecule has 1 heterocycles. The van der Waals surface area contributed by atoms with Crippen LogP contribution in [0.5, 0.6) is 0 Å². The van der Waals surface area contributed by atoms with Crippen molar-refractivity contribution < 1.29 is 0 Å². The Morgan fingerprint density at radius 2 is 1.45 bits per heavy atom. The van der Waals surface area contributed by atoms with Crippen LogP contribution in [-0.2, 0) is 7.05 Å². The van der Waals surface area contributed by atoms with Gasteiger partial charge in [-0.2, -0.15) is 0 Å². The van der Waals surface area contributed by atoms with E-state index < -0.39 is 0 Å². The Labute approximate surface area is 119 Å². The van der Waals surface area contributed by atoms with E-state index in [2.05, 4.69) is 0 Å². The Bertz CT molecular complexity index is 842. The van der Waals surface area contributed by atoms with E-state index in [1.165, 1.54) is 8.52 Å². The maximum absolute atomic E-state index is 11.9. The van der Waals surface area contributed by atoms with Gasteiger partial charge in [-0.15, -0.1) is 0 Å². The Balaban J connectivity index is 2.06. The van der Waals surface area contributed by atoms with Gasteiger partial charge in [0.25, 0.3) is 0 Å². The average Bonchev–Trinajstić information content (AvgIpc) is 2.73. The highest BCUT2D eigenvalue weighted by Crippen LogP contribution is 2.19. The third kappa shape index (κ3) is 2.12. The lowest BCUT2D eigenvalue weighted by Gasteiger charge is -2.03. The van der Waals surface area contributed by atoms with Crippen LogP contribution in [0.25, 0.3) is 16.8 Å². The lowest BCUT2D eigenvalue weighted by Crippen LogP contribution is -2.26. The largest absolute Gasteiger partial charge is 0.345 e. The van der Waals surface area contributed by atoms with Crippen LogP contribution in [0.15, 0.2) is 64.2 Å². The number of hydrogen-bond donors (Lipinski definition) is 0. The number of rotatable bonds is 2. The number of nitrogens with zero attached hydrogens (tertiary/aromatic N) is 2. The first-order valence-corrected chi connectivity index (χ1v) is 6.89. The predicted octanol–water partition coefficient (Wildman–Crippen LogP) is 2.26. The first-order chi connectivity index (χ1) is 9.66. The summed E-state index contributed by atoms with van der Waals surface area (Å²) in [4.78, 5) is 23.4. The van der Waals surface area contributed by atoms with Crippen LogP contribution >= 0.6 is 11.5 Å². The molecule has 0 bridgehead atoms. The van der Waals surface area contributed by atoms with Gasteiger partial charge in [0.05, 0.1) is 5.69 Å². The lowest BCUT2D eigenvalue weighted by molar-refractivity contribution is 0.850. The molecule has 0 aliphatic rings. The summed E-state index contributed by atoms with van der Waals surface area (Å²) in [5, 5.41) is 0. The van der Waals surface area contributed by atoms with Gasteiger partial charge in [-0.25, -0.2) is 13.3 Å². The second-order valence-electron chi connectivity index (χ2n) is 4.39. The summed E-state index contributed by atoms with van der Waals surface area (Å²) in [6, 6.07) is 17.4. The van der Waals surface area contributed by atoms with Crippen molar-refractivity contribution in [3.63, 3.8) is 0 Å². The molecule has 0 atom stereocenters. The molecule has 0 spiro atoms. The van der Waals surface area contributed by atoms with Gasteiger partial charge in [0.15, 0.2) is 0 Å². The van der Waals surface area contributed by atoms with Crippen molar-refractivity contribution >= 4 is 11.5 Å². The molecule has 0 N–H and O–H groups in total. The summed E-state index contributed by atoms with van der Waals surface area (Å²) in [7, 11) is 1.59. The fraction of sp³-hybridized carbons (Fsp3) is 0.0667. The SMILES string of the molecule is Cn1sc(=O)n(-c2ccc(-c3ccccc3)cc2)c1=O. The van der Waals surface area contributed by atoms with Gasteiger partial charge in [0, 0.05) is 18.6 Å². The van der Waals surface area contributed by atoms with Crippen molar-refractivity contribution in [3.05, 3.63) is 74.7 Å². The van der Waals surface area contributed by atoms with Gasteiger partial charge in [0.2, 0.25) is 0 Å². The van der Waals surface area contributed by atoms with Gasteiger partial charge in [-0.1, -0.05) is 42.5 Å². The molecular weight excluding hydrogens is 272 g/mol. The third-order valence-corrected chi connectivity index (χ3v) is 3.86. The minimum atomic E-state index is -0.313. The van der Waals surface area contributed by atoms with Crippen LogP contribution in [0.4, 0.5) is 0 Å². The van der Waals surface area contributed by atoms with Crippen LogP contribution in [0.3, 0.4) is 0 Å². The topological polar surface area (TPSA) is 44.0 Å². The van der Waals surface area contributed by atoms with Gasteiger partial charge in [-0.05, 0) is 23.3 Å². The van der Waals surface area contributed by atoms with E-state index in [4.69, 9.17) is 0 Å². The summed E-state index contributed by atoms with van der Waals surface area (Å²) in [6.07, 6.45) is 0. The van der Waals surface area contributed by atoms with Crippen molar-refractivity contribution in [2.75, 3.05) is 0 Å². The maximum Gasteiger partial charge on any atom is 0.345 e. The standard InChI is InChI=1S/C15H12N2O2S/c1-16-14(18)17(15(19)20-16)13-9-7-12(8-10-13)11-5-3-2-4-6-11/h2-10H,1H3. The van der Waals surface area contributed by atoms with Crippen molar-refractivity contribution in [1.29, 1.82) is 0 Å². The smallest absolute Gasteiger partial charge is 0.255 e. The minimum Gasteiger partial charge on any atom is -0.255 e. The molecule has 100 valence electrons. The number of aromatic nitrogens is 2. The number of aryl methyl sites for hydroxylation is 1. The maximum atomic E-state index is 11.9. The van der Waals surface area contributed by atoms with E-state index in [9.17, 15) is 9.59 Å². The zero-order chi connectivity index (χ0) is 14.1. The molecular formula is C15H12N2O2S. The zero-order valence-electron chi connectivity index (χ0n) is 10.8. The molecule has 0 unspecified atom stereocenters. The molecule has 0 radical (unpaired) electrons. The monoisotopic (exact) mass is 284 g/mol. The molecule has 3 aromatic rings. The summed E-state index contributed by atoms with van der Waals surface area (Å²) < 4.78 is 2.51.